The Hall–Kier alpha value is -1.15. The lowest BCUT2D eigenvalue weighted by atomic mass is 9.78. The first kappa shape index (κ1) is 21.6. The molecule has 3 rings (SSSR count). The number of amides is 1. The molecule has 156 valence electrons. The third-order valence-corrected chi connectivity index (χ3v) is 8.32. The number of hydrogen-bond donors (Lipinski definition) is 1. The summed E-state index contributed by atoms with van der Waals surface area (Å²) >= 11 is 5.93. The van der Waals surface area contributed by atoms with Gasteiger partial charge in [-0.05, 0) is 36.5 Å². The Labute approximate surface area is 173 Å². The molecule has 0 spiro atoms. The monoisotopic (exact) mass is 427 g/mol. The molecule has 8 heteroatoms. The van der Waals surface area contributed by atoms with Crippen molar-refractivity contribution in [3.05, 3.63) is 29.3 Å². The molecule has 0 radical (unpaired) electrons. The van der Waals surface area contributed by atoms with Crippen LogP contribution in [-0.4, -0.2) is 62.3 Å². The second-order valence-corrected chi connectivity index (χ2v) is 10.5. The molecule has 1 heterocycles. The van der Waals surface area contributed by atoms with Gasteiger partial charge >= 0.3 is 0 Å². The molecule has 0 unspecified atom stereocenters. The fourth-order valence-electron chi connectivity index (χ4n) is 4.15. The second kappa shape index (κ2) is 9.11. The Kier molecular flexibility index (Phi) is 7.02. The number of piperazine rings is 1. The number of carbonyl (C=O) groups excluding carboxylic acids is 1. The van der Waals surface area contributed by atoms with Crippen LogP contribution in [0.4, 0.5) is 0 Å². The first-order valence-electron chi connectivity index (χ1n) is 10.0. The standard InChI is InChI=1S/C20H30ClN3O3S/c1-15-5-3-8-19(16(15)2)22-20(25)14-23-9-11-24(12-10-23)28(26,27)18-7-4-6-17(21)13-18/h4,6-7,13,15-16,19H,3,5,8-12,14H2,1-2H3,(H,22,25)/t15-,16-,19+/m1/s1. The number of sulfonamides is 1. The van der Waals surface area contributed by atoms with Gasteiger partial charge in [0.15, 0.2) is 0 Å². The van der Waals surface area contributed by atoms with E-state index in [1.54, 1.807) is 18.2 Å². The molecule has 2 aliphatic rings. The Balaban J connectivity index is 1.50. The van der Waals surface area contributed by atoms with Gasteiger partial charge in [-0.25, -0.2) is 8.42 Å². The molecule has 1 N–H and O–H groups in total. The maximum Gasteiger partial charge on any atom is 0.243 e. The minimum atomic E-state index is -3.55. The molecular formula is C20H30ClN3O3S. The molecule has 1 aromatic rings. The summed E-state index contributed by atoms with van der Waals surface area (Å²) in [5.41, 5.74) is 0. The number of nitrogens with zero attached hydrogens (tertiary/aromatic N) is 2. The summed E-state index contributed by atoms with van der Waals surface area (Å²) in [5, 5.41) is 3.60. The highest BCUT2D eigenvalue weighted by molar-refractivity contribution is 7.89. The molecule has 1 aliphatic heterocycles. The van der Waals surface area contributed by atoms with Crippen molar-refractivity contribution in [2.24, 2.45) is 11.8 Å². The van der Waals surface area contributed by atoms with Crippen LogP contribution in [0.25, 0.3) is 0 Å². The minimum absolute atomic E-state index is 0.0390. The van der Waals surface area contributed by atoms with Gasteiger partial charge in [0.1, 0.15) is 0 Å². The van der Waals surface area contributed by atoms with Gasteiger partial charge in [0.2, 0.25) is 15.9 Å². The lowest BCUT2D eigenvalue weighted by Gasteiger charge is -2.36. The Morgan fingerprint density at radius 1 is 1.18 bits per heavy atom. The second-order valence-electron chi connectivity index (χ2n) is 8.08. The first-order valence-corrected chi connectivity index (χ1v) is 11.9. The van der Waals surface area contributed by atoms with Crippen molar-refractivity contribution in [1.29, 1.82) is 0 Å². The predicted molar refractivity (Wildman–Crippen MR) is 111 cm³/mol. The van der Waals surface area contributed by atoms with Gasteiger partial charge in [0.25, 0.3) is 0 Å². The van der Waals surface area contributed by atoms with Gasteiger partial charge in [0.05, 0.1) is 11.4 Å². The van der Waals surface area contributed by atoms with Crippen molar-refractivity contribution >= 4 is 27.5 Å². The van der Waals surface area contributed by atoms with E-state index in [4.69, 9.17) is 11.6 Å². The maximum atomic E-state index is 12.8. The summed E-state index contributed by atoms with van der Waals surface area (Å²) in [6.07, 6.45) is 3.44. The zero-order chi connectivity index (χ0) is 20.3. The molecule has 6 nitrogen and oxygen atoms in total. The fourth-order valence-corrected chi connectivity index (χ4v) is 5.87. The molecule has 1 saturated heterocycles. The van der Waals surface area contributed by atoms with E-state index in [2.05, 4.69) is 19.2 Å². The summed E-state index contributed by atoms with van der Waals surface area (Å²) < 4.78 is 27.0. The fraction of sp³-hybridized carbons (Fsp3) is 0.650. The van der Waals surface area contributed by atoms with E-state index in [9.17, 15) is 13.2 Å². The van der Waals surface area contributed by atoms with E-state index in [0.29, 0.717) is 49.6 Å². The van der Waals surface area contributed by atoms with Gasteiger partial charge in [-0.2, -0.15) is 4.31 Å². The molecule has 2 fully saturated rings. The van der Waals surface area contributed by atoms with Crippen LogP contribution in [0, 0.1) is 11.8 Å². The third kappa shape index (κ3) is 5.06. The molecule has 0 aromatic heterocycles. The molecule has 1 amide bonds. The number of halogens is 1. The SMILES string of the molecule is C[C@@H]1[C@H](C)CCC[C@@H]1NC(=O)CN1CCN(S(=O)(=O)c2cccc(Cl)c2)CC1. The number of benzene rings is 1. The van der Waals surface area contributed by atoms with Crippen LogP contribution in [0.5, 0.6) is 0 Å². The molecule has 3 atom stereocenters. The highest BCUT2D eigenvalue weighted by atomic mass is 35.5. The van der Waals surface area contributed by atoms with Crippen LogP contribution in [0.1, 0.15) is 33.1 Å². The first-order chi connectivity index (χ1) is 13.3. The normalized spacial score (nSPS) is 27.5. The zero-order valence-corrected chi connectivity index (χ0v) is 18.2. The van der Waals surface area contributed by atoms with E-state index < -0.39 is 10.0 Å². The predicted octanol–water partition coefficient (Wildman–Crippen LogP) is 2.59. The van der Waals surface area contributed by atoms with Gasteiger partial charge in [-0.15, -0.1) is 0 Å². The van der Waals surface area contributed by atoms with E-state index >= 15 is 0 Å². The number of hydrogen-bond acceptors (Lipinski definition) is 4. The minimum Gasteiger partial charge on any atom is -0.352 e. The Morgan fingerprint density at radius 2 is 1.89 bits per heavy atom. The summed E-state index contributed by atoms with van der Waals surface area (Å²) in [6, 6.07) is 6.59. The smallest absolute Gasteiger partial charge is 0.243 e. The summed E-state index contributed by atoms with van der Waals surface area (Å²) in [7, 11) is -3.55. The van der Waals surface area contributed by atoms with Gasteiger partial charge in [-0.3, -0.25) is 9.69 Å². The van der Waals surface area contributed by atoms with Crippen molar-refractivity contribution in [2.45, 2.75) is 44.0 Å². The van der Waals surface area contributed by atoms with E-state index in [1.165, 1.54) is 16.8 Å². The van der Waals surface area contributed by atoms with Crippen LogP contribution < -0.4 is 5.32 Å². The maximum absolute atomic E-state index is 12.8. The van der Waals surface area contributed by atoms with Crippen LogP contribution in [0.15, 0.2) is 29.2 Å². The number of rotatable bonds is 5. The van der Waals surface area contributed by atoms with Gasteiger partial charge < -0.3 is 5.32 Å². The Morgan fingerprint density at radius 3 is 2.57 bits per heavy atom. The summed E-state index contributed by atoms with van der Waals surface area (Å²) in [5.74, 6) is 1.17. The number of carbonyl (C=O) groups is 1. The summed E-state index contributed by atoms with van der Waals surface area (Å²) in [4.78, 5) is 14.7. The molecule has 1 aliphatic carbocycles. The zero-order valence-electron chi connectivity index (χ0n) is 16.6. The van der Waals surface area contributed by atoms with Crippen molar-refractivity contribution in [3.8, 4) is 0 Å². The van der Waals surface area contributed by atoms with Crippen LogP contribution in [0.3, 0.4) is 0 Å². The van der Waals surface area contributed by atoms with Crippen molar-refractivity contribution in [2.75, 3.05) is 32.7 Å². The van der Waals surface area contributed by atoms with E-state index in [-0.39, 0.29) is 16.8 Å². The summed E-state index contributed by atoms with van der Waals surface area (Å²) in [6.45, 7) is 6.63. The largest absolute Gasteiger partial charge is 0.352 e. The van der Waals surface area contributed by atoms with Crippen LogP contribution >= 0.6 is 11.6 Å². The lowest BCUT2D eigenvalue weighted by molar-refractivity contribution is -0.124. The topological polar surface area (TPSA) is 69.7 Å². The van der Waals surface area contributed by atoms with Crippen molar-refractivity contribution in [3.63, 3.8) is 0 Å². The van der Waals surface area contributed by atoms with Gasteiger partial charge in [0, 0.05) is 37.2 Å². The third-order valence-electron chi connectivity index (χ3n) is 6.19. The van der Waals surface area contributed by atoms with Gasteiger partial charge in [-0.1, -0.05) is 44.4 Å². The average molecular weight is 428 g/mol. The molecule has 0 bridgehead atoms. The van der Waals surface area contributed by atoms with Crippen molar-refractivity contribution in [1.82, 2.24) is 14.5 Å². The van der Waals surface area contributed by atoms with Crippen molar-refractivity contribution < 1.29 is 13.2 Å². The quantitative estimate of drug-likeness (QED) is 0.784. The van der Waals surface area contributed by atoms with E-state index in [0.717, 1.165) is 12.8 Å². The average Bonchev–Trinajstić information content (AvgIpc) is 2.66. The molecule has 1 saturated carbocycles. The molecule has 1 aromatic carbocycles. The highest BCUT2D eigenvalue weighted by Crippen LogP contribution is 2.29. The molecular weight excluding hydrogens is 398 g/mol. The lowest BCUT2D eigenvalue weighted by Crippen LogP contribution is -2.52. The van der Waals surface area contributed by atoms with E-state index in [1.807, 2.05) is 4.90 Å². The van der Waals surface area contributed by atoms with Crippen LogP contribution in [-0.2, 0) is 14.8 Å². The number of nitrogens with one attached hydrogen (secondary N) is 1. The Bertz CT molecular complexity index is 794. The highest BCUT2D eigenvalue weighted by Gasteiger charge is 2.31. The molecule has 28 heavy (non-hydrogen) atoms. The van der Waals surface area contributed by atoms with Crippen LogP contribution in [0.2, 0.25) is 5.02 Å².